The lowest BCUT2D eigenvalue weighted by atomic mass is 9.91. The molecule has 0 fully saturated rings. The molecule has 0 bridgehead atoms. The van der Waals surface area contributed by atoms with Crippen LogP contribution in [0.15, 0.2) is 18.2 Å². The van der Waals surface area contributed by atoms with E-state index in [0.29, 0.717) is 12.5 Å². The molecule has 1 heterocycles. The van der Waals surface area contributed by atoms with Gasteiger partial charge in [-0.05, 0) is 62.4 Å². The van der Waals surface area contributed by atoms with Gasteiger partial charge in [0, 0.05) is 22.6 Å². The molecule has 5 heteroatoms. The summed E-state index contributed by atoms with van der Waals surface area (Å²) >= 11 is 0. The summed E-state index contributed by atoms with van der Waals surface area (Å²) < 4.78 is 15.7. The van der Waals surface area contributed by atoms with Crippen molar-refractivity contribution in [3.63, 3.8) is 0 Å². The van der Waals surface area contributed by atoms with Crippen LogP contribution in [-0.4, -0.2) is 28.2 Å². The summed E-state index contributed by atoms with van der Waals surface area (Å²) in [5.41, 5.74) is 3.02. The Morgan fingerprint density at radius 2 is 2.25 bits per heavy atom. The number of halogens is 1. The molecule has 0 saturated heterocycles. The minimum Gasteiger partial charge on any atom is -0.480 e. The first kappa shape index (κ1) is 17.0. The van der Waals surface area contributed by atoms with E-state index in [4.69, 9.17) is 0 Å². The molecule has 130 valence electrons. The third kappa shape index (κ3) is 2.93. The number of rotatable bonds is 6. The Morgan fingerprint density at radius 3 is 2.92 bits per heavy atom. The molecule has 1 aromatic heterocycles. The molecule has 4 nitrogen and oxygen atoms in total. The second-order valence-corrected chi connectivity index (χ2v) is 6.61. The lowest BCUT2D eigenvalue weighted by Gasteiger charge is -2.26. The van der Waals surface area contributed by atoms with Crippen LogP contribution in [0.3, 0.4) is 0 Å². The van der Waals surface area contributed by atoms with Crippen LogP contribution < -0.4 is 5.32 Å². The molecule has 2 aromatic rings. The Balaban J connectivity index is 2.12. The van der Waals surface area contributed by atoms with E-state index in [1.807, 2.05) is 11.5 Å². The second-order valence-electron chi connectivity index (χ2n) is 6.61. The van der Waals surface area contributed by atoms with Gasteiger partial charge in [-0.2, -0.15) is 0 Å². The van der Waals surface area contributed by atoms with Gasteiger partial charge in [-0.25, -0.2) is 9.18 Å². The fourth-order valence-electron chi connectivity index (χ4n) is 3.91. The third-order valence-corrected chi connectivity index (χ3v) is 5.03. The van der Waals surface area contributed by atoms with Crippen molar-refractivity contribution in [1.82, 2.24) is 9.88 Å². The molecule has 1 aliphatic carbocycles. The maximum absolute atomic E-state index is 13.8. The van der Waals surface area contributed by atoms with Crippen molar-refractivity contribution >= 4 is 16.9 Å². The number of carbonyl (C=O) groups is 1. The van der Waals surface area contributed by atoms with Gasteiger partial charge >= 0.3 is 5.97 Å². The number of carboxylic acid groups (broad SMARTS) is 1. The minimum atomic E-state index is -0.826. The first-order valence-electron chi connectivity index (χ1n) is 8.84. The monoisotopic (exact) mass is 332 g/mol. The zero-order valence-corrected chi connectivity index (χ0v) is 14.3. The highest BCUT2D eigenvalue weighted by molar-refractivity contribution is 5.88. The van der Waals surface area contributed by atoms with Crippen molar-refractivity contribution in [3.8, 4) is 0 Å². The maximum atomic E-state index is 13.8. The van der Waals surface area contributed by atoms with Crippen molar-refractivity contribution in [2.24, 2.45) is 0 Å². The number of carboxylic acids is 1. The van der Waals surface area contributed by atoms with Gasteiger partial charge in [0.05, 0.1) is 0 Å². The zero-order valence-electron chi connectivity index (χ0n) is 14.3. The number of hydrogen-bond donors (Lipinski definition) is 2. The van der Waals surface area contributed by atoms with Gasteiger partial charge < -0.3 is 15.0 Å². The second kappa shape index (κ2) is 6.93. The quantitative estimate of drug-likeness (QED) is 0.848. The van der Waals surface area contributed by atoms with Crippen LogP contribution in [0.4, 0.5) is 4.39 Å². The molecule has 0 radical (unpaired) electrons. The Kier molecular flexibility index (Phi) is 4.90. The van der Waals surface area contributed by atoms with Crippen LogP contribution in [0, 0.1) is 5.82 Å². The molecule has 24 heavy (non-hydrogen) atoms. The normalized spacial score (nSPS) is 18.5. The molecule has 1 aliphatic rings. The number of benzene rings is 1. The summed E-state index contributed by atoms with van der Waals surface area (Å²) in [7, 11) is 0. The molecule has 0 aliphatic heterocycles. The van der Waals surface area contributed by atoms with Crippen LogP contribution in [-0.2, 0) is 17.6 Å². The Morgan fingerprint density at radius 1 is 1.46 bits per heavy atom. The molecular weight excluding hydrogens is 307 g/mol. The van der Waals surface area contributed by atoms with Crippen molar-refractivity contribution in [2.45, 2.75) is 58.0 Å². The summed E-state index contributed by atoms with van der Waals surface area (Å²) in [6, 6.07) is 4.49. The van der Waals surface area contributed by atoms with Crippen LogP contribution in [0.25, 0.3) is 10.9 Å². The summed E-state index contributed by atoms with van der Waals surface area (Å²) in [4.78, 5) is 11.7. The SMILES string of the molecule is CCCN[C@H]1CCc2c(c3cc(F)ccc3n2C(CC)C(=O)O)C1. The Bertz CT molecular complexity index is 753. The first-order chi connectivity index (χ1) is 11.6. The maximum Gasteiger partial charge on any atom is 0.326 e. The molecule has 3 rings (SSSR count). The van der Waals surface area contributed by atoms with Gasteiger partial charge in [0.25, 0.3) is 0 Å². The zero-order chi connectivity index (χ0) is 17.3. The van der Waals surface area contributed by atoms with Crippen LogP contribution in [0.1, 0.15) is 50.4 Å². The third-order valence-electron chi connectivity index (χ3n) is 5.03. The van der Waals surface area contributed by atoms with Crippen LogP contribution in [0.2, 0.25) is 0 Å². The predicted octanol–water partition coefficient (Wildman–Crippen LogP) is 3.67. The van der Waals surface area contributed by atoms with E-state index in [1.165, 1.54) is 6.07 Å². The average molecular weight is 332 g/mol. The van der Waals surface area contributed by atoms with E-state index < -0.39 is 12.0 Å². The first-order valence-corrected chi connectivity index (χ1v) is 8.84. The van der Waals surface area contributed by atoms with Gasteiger partial charge in [0.2, 0.25) is 0 Å². The van der Waals surface area contributed by atoms with E-state index in [0.717, 1.165) is 54.4 Å². The minimum absolute atomic E-state index is 0.269. The summed E-state index contributed by atoms with van der Waals surface area (Å²) in [6.45, 7) is 5.00. The van der Waals surface area contributed by atoms with Crippen molar-refractivity contribution in [1.29, 1.82) is 0 Å². The van der Waals surface area contributed by atoms with E-state index in [-0.39, 0.29) is 5.82 Å². The molecule has 2 N–H and O–H groups in total. The van der Waals surface area contributed by atoms with Gasteiger partial charge in [0.1, 0.15) is 11.9 Å². The molecule has 0 amide bonds. The van der Waals surface area contributed by atoms with Crippen molar-refractivity contribution in [3.05, 3.63) is 35.3 Å². The molecule has 0 spiro atoms. The summed E-state index contributed by atoms with van der Waals surface area (Å²) in [5.74, 6) is -1.10. The molecule has 1 unspecified atom stereocenters. The fourth-order valence-corrected chi connectivity index (χ4v) is 3.91. The average Bonchev–Trinajstić information content (AvgIpc) is 2.87. The Labute approximate surface area is 141 Å². The fraction of sp³-hybridized carbons (Fsp3) is 0.526. The highest BCUT2D eigenvalue weighted by Crippen LogP contribution is 2.36. The van der Waals surface area contributed by atoms with E-state index in [9.17, 15) is 14.3 Å². The van der Waals surface area contributed by atoms with Crippen LogP contribution in [0.5, 0.6) is 0 Å². The number of fused-ring (bicyclic) bond motifs is 3. The lowest BCUT2D eigenvalue weighted by Crippen LogP contribution is -2.35. The summed E-state index contributed by atoms with van der Waals surface area (Å²) in [6.07, 6.45) is 4.24. The molecule has 2 atom stereocenters. The van der Waals surface area contributed by atoms with E-state index in [1.54, 1.807) is 12.1 Å². The van der Waals surface area contributed by atoms with Gasteiger partial charge in [-0.15, -0.1) is 0 Å². The lowest BCUT2D eigenvalue weighted by molar-refractivity contribution is -0.140. The predicted molar refractivity (Wildman–Crippen MR) is 93.0 cm³/mol. The smallest absolute Gasteiger partial charge is 0.326 e. The van der Waals surface area contributed by atoms with Gasteiger partial charge in [-0.1, -0.05) is 13.8 Å². The highest BCUT2D eigenvalue weighted by atomic mass is 19.1. The topological polar surface area (TPSA) is 54.3 Å². The molecule has 1 aromatic carbocycles. The summed E-state index contributed by atoms with van der Waals surface area (Å²) in [5, 5.41) is 14.0. The van der Waals surface area contributed by atoms with Crippen molar-refractivity contribution in [2.75, 3.05) is 6.54 Å². The van der Waals surface area contributed by atoms with Crippen LogP contribution >= 0.6 is 0 Å². The number of nitrogens with one attached hydrogen (secondary N) is 1. The van der Waals surface area contributed by atoms with E-state index >= 15 is 0 Å². The molecular formula is C19H25FN2O2. The van der Waals surface area contributed by atoms with Crippen molar-refractivity contribution < 1.29 is 14.3 Å². The number of hydrogen-bond acceptors (Lipinski definition) is 2. The number of nitrogens with zero attached hydrogens (tertiary/aromatic N) is 1. The highest BCUT2D eigenvalue weighted by Gasteiger charge is 2.30. The van der Waals surface area contributed by atoms with E-state index in [2.05, 4.69) is 12.2 Å². The van der Waals surface area contributed by atoms with Gasteiger partial charge in [0.15, 0.2) is 0 Å². The Hall–Kier alpha value is -1.88. The number of aromatic nitrogens is 1. The standard InChI is InChI=1S/C19H25FN2O2/c1-3-9-21-13-6-8-18-15(11-13)14-10-12(20)5-7-17(14)22(18)16(4-2)19(23)24/h5,7,10,13,16,21H,3-4,6,8-9,11H2,1-2H3,(H,23,24)/t13-,16?/m0/s1. The molecule has 0 saturated carbocycles. The van der Waals surface area contributed by atoms with Gasteiger partial charge in [-0.3, -0.25) is 0 Å². The number of aliphatic carboxylic acids is 1. The largest absolute Gasteiger partial charge is 0.480 e.